The van der Waals surface area contributed by atoms with E-state index in [9.17, 15) is 0 Å². The zero-order chi connectivity index (χ0) is 15.6. The number of aryl methyl sites for hydroxylation is 2. The summed E-state index contributed by atoms with van der Waals surface area (Å²) in [5.74, 6) is 0.184. The highest BCUT2D eigenvalue weighted by Gasteiger charge is 2.33. The predicted molar refractivity (Wildman–Crippen MR) is 78.1 cm³/mol. The Morgan fingerprint density at radius 2 is 2.05 bits per heavy atom. The molecule has 2 rings (SSSR count). The molecule has 0 aromatic heterocycles. The van der Waals surface area contributed by atoms with Crippen molar-refractivity contribution in [3.8, 4) is 5.75 Å². The molecule has 0 aliphatic carbocycles. The molecule has 6 nitrogen and oxygen atoms in total. The fourth-order valence-electron chi connectivity index (χ4n) is 2.41. The number of nitrogens with one attached hydrogen (secondary N) is 2. The summed E-state index contributed by atoms with van der Waals surface area (Å²) in [6.45, 7) is 8.51. The van der Waals surface area contributed by atoms with Crippen LogP contribution in [-0.2, 0) is 9.47 Å². The van der Waals surface area contributed by atoms with Gasteiger partial charge in [-0.3, -0.25) is 16.1 Å². The molecule has 1 aromatic carbocycles. The number of benzene rings is 1. The highest BCUT2D eigenvalue weighted by atomic mass is 16.7. The number of hydroxylamine groups is 1. The summed E-state index contributed by atoms with van der Waals surface area (Å²) in [6.07, 6.45) is -0.0871. The number of amidine groups is 1. The lowest BCUT2D eigenvalue weighted by atomic mass is 10.1. The van der Waals surface area contributed by atoms with Gasteiger partial charge in [0.25, 0.3) is 0 Å². The van der Waals surface area contributed by atoms with Gasteiger partial charge in [0, 0.05) is 5.56 Å². The fraction of sp³-hybridized carbons (Fsp3) is 0.533. The number of hydrogen-bond donors (Lipinski definition) is 3. The average Bonchev–Trinajstić information content (AvgIpc) is 2.76. The zero-order valence-corrected chi connectivity index (χ0v) is 12.8. The summed E-state index contributed by atoms with van der Waals surface area (Å²) in [7, 11) is 0. The van der Waals surface area contributed by atoms with Crippen molar-refractivity contribution in [2.75, 3.05) is 13.2 Å². The van der Waals surface area contributed by atoms with E-state index in [1.54, 1.807) is 12.1 Å². The normalized spacial score (nSPS) is 20.3. The van der Waals surface area contributed by atoms with Crippen LogP contribution in [0.5, 0.6) is 5.75 Å². The monoisotopic (exact) mass is 294 g/mol. The van der Waals surface area contributed by atoms with Gasteiger partial charge in [-0.1, -0.05) is 0 Å². The summed E-state index contributed by atoms with van der Waals surface area (Å²) in [4.78, 5) is 0. The standard InChI is InChI=1S/C15H22N2O4/c1-9-5-11(14(16)17-18)6-10(2)13(9)19-7-12-8-20-15(3,4)21-12/h5-6,12,18H,7-8H2,1-4H3,(H2,16,17)/t12-/m0/s1. The van der Waals surface area contributed by atoms with Gasteiger partial charge in [-0.05, 0) is 51.0 Å². The van der Waals surface area contributed by atoms with E-state index >= 15 is 0 Å². The number of hydrogen-bond acceptors (Lipinski definition) is 5. The Hall–Kier alpha value is -1.63. The first-order valence-corrected chi connectivity index (χ1v) is 6.87. The largest absolute Gasteiger partial charge is 0.490 e. The van der Waals surface area contributed by atoms with Crippen LogP contribution in [0.4, 0.5) is 0 Å². The lowest BCUT2D eigenvalue weighted by molar-refractivity contribution is -0.141. The second kappa shape index (κ2) is 6.01. The Morgan fingerprint density at radius 1 is 1.43 bits per heavy atom. The molecular formula is C15H22N2O4. The summed E-state index contributed by atoms with van der Waals surface area (Å²) >= 11 is 0. The third kappa shape index (κ3) is 3.72. The molecule has 1 saturated heterocycles. The Balaban J connectivity index is 2.05. The molecular weight excluding hydrogens is 272 g/mol. The molecule has 0 amide bonds. The molecule has 1 aromatic rings. The Labute approximate surface area is 124 Å². The van der Waals surface area contributed by atoms with Gasteiger partial charge >= 0.3 is 0 Å². The van der Waals surface area contributed by atoms with Gasteiger partial charge in [0.1, 0.15) is 24.3 Å². The summed E-state index contributed by atoms with van der Waals surface area (Å²) < 4.78 is 17.1. The first kappa shape index (κ1) is 15.8. The van der Waals surface area contributed by atoms with Crippen molar-refractivity contribution in [3.05, 3.63) is 28.8 Å². The minimum Gasteiger partial charge on any atom is -0.490 e. The quantitative estimate of drug-likeness (QED) is 0.450. The molecule has 0 unspecified atom stereocenters. The van der Waals surface area contributed by atoms with Crippen LogP contribution >= 0.6 is 0 Å². The lowest BCUT2D eigenvalue weighted by Crippen LogP contribution is -2.25. The van der Waals surface area contributed by atoms with Crippen LogP contribution in [0.3, 0.4) is 0 Å². The molecule has 3 N–H and O–H groups in total. The van der Waals surface area contributed by atoms with Crippen molar-refractivity contribution < 1.29 is 19.4 Å². The topological polar surface area (TPSA) is 83.8 Å². The van der Waals surface area contributed by atoms with E-state index in [2.05, 4.69) is 0 Å². The predicted octanol–water partition coefficient (Wildman–Crippen LogP) is 2.14. The summed E-state index contributed by atoms with van der Waals surface area (Å²) in [5.41, 5.74) is 4.27. The Bertz CT molecular complexity index is 519. The molecule has 1 aliphatic heterocycles. The van der Waals surface area contributed by atoms with E-state index in [-0.39, 0.29) is 11.9 Å². The van der Waals surface area contributed by atoms with Gasteiger partial charge in [0.05, 0.1) is 6.61 Å². The highest BCUT2D eigenvalue weighted by Crippen LogP contribution is 2.27. The molecule has 1 atom stereocenters. The van der Waals surface area contributed by atoms with Crippen LogP contribution in [0, 0.1) is 19.3 Å². The van der Waals surface area contributed by atoms with Gasteiger partial charge < -0.3 is 14.2 Å². The molecule has 116 valence electrons. The first-order valence-electron chi connectivity index (χ1n) is 6.87. The van der Waals surface area contributed by atoms with E-state index in [1.807, 2.05) is 33.2 Å². The smallest absolute Gasteiger partial charge is 0.163 e. The van der Waals surface area contributed by atoms with Crippen molar-refractivity contribution >= 4 is 5.84 Å². The van der Waals surface area contributed by atoms with Crippen LogP contribution in [0.15, 0.2) is 12.1 Å². The lowest BCUT2D eigenvalue weighted by Gasteiger charge is -2.19. The van der Waals surface area contributed by atoms with Gasteiger partial charge in [-0.2, -0.15) is 0 Å². The van der Waals surface area contributed by atoms with E-state index in [4.69, 9.17) is 24.8 Å². The molecule has 1 fully saturated rings. The number of rotatable bonds is 4. The van der Waals surface area contributed by atoms with Crippen LogP contribution < -0.4 is 10.2 Å². The zero-order valence-electron chi connectivity index (χ0n) is 12.8. The van der Waals surface area contributed by atoms with Crippen LogP contribution in [0.25, 0.3) is 0 Å². The van der Waals surface area contributed by atoms with Crippen molar-refractivity contribution in [1.82, 2.24) is 5.48 Å². The second-order valence-electron chi connectivity index (χ2n) is 5.69. The summed E-state index contributed by atoms with van der Waals surface area (Å²) in [6, 6.07) is 3.59. The average molecular weight is 294 g/mol. The van der Waals surface area contributed by atoms with Crippen molar-refractivity contribution in [1.29, 1.82) is 5.41 Å². The van der Waals surface area contributed by atoms with E-state index in [0.29, 0.717) is 18.8 Å². The number of ether oxygens (including phenoxy) is 3. The van der Waals surface area contributed by atoms with Gasteiger partial charge in [0.2, 0.25) is 0 Å². The maximum Gasteiger partial charge on any atom is 0.163 e. The molecule has 0 bridgehead atoms. The minimum atomic E-state index is -0.552. The fourth-order valence-corrected chi connectivity index (χ4v) is 2.41. The third-order valence-electron chi connectivity index (χ3n) is 3.34. The Morgan fingerprint density at radius 3 is 2.52 bits per heavy atom. The van der Waals surface area contributed by atoms with E-state index in [1.165, 1.54) is 0 Å². The Kier molecular flexibility index (Phi) is 4.51. The van der Waals surface area contributed by atoms with Crippen LogP contribution in [0.2, 0.25) is 0 Å². The molecule has 21 heavy (non-hydrogen) atoms. The molecule has 0 radical (unpaired) electrons. The maximum absolute atomic E-state index is 8.80. The molecule has 1 heterocycles. The first-order chi connectivity index (χ1) is 9.82. The van der Waals surface area contributed by atoms with Crippen molar-refractivity contribution in [3.63, 3.8) is 0 Å². The molecule has 6 heteroatoms. The second-order valence-corrected chi connectivity index (χ2v) is 5.69. The van der Waals surface area contributed by atoms with E-state index in [0.717, 1.165) is 16.9 Å². The molecule has 0 saturated carbocycles. The van der Waals surface area contributed by atoms with Gasteiger partial charge in [-0.25, -0.2) is 0 Å². The highest BCUT2D eigenvalue weighted by molar-refractivity contribution is 5.96. The van der Waals surface area contributed by atoms with Crippen LogP contribution in [0.1, 0.15) is 30.5 Å². The van der Waals surface area contributed by atoms with E-state index < -0.39 is 5.79 Å². The summed E-state index contributed by atoms with van der Waals surface area (Å²) in [5, 5.41) is 16.4. The molecule has 0 spiro atoms. The van der Waals surface area contributed by atoms with Crippen LogP contribution in [-0.4, -0.2) is 36.1 Å². The SMILES string of the molecule is Cc1cc(C(=N)NO)cc(C)c1OC[C@H]1COC(C)(C)O1. The maximum atomic E-state index is 8.80. The van der Waals surface area contributed by atoms with Crippen molar-refractivity contribution in [2.45, 2.75) is 39.6 Å². The van der Waals surface area contributed by atoms with Gasteiger partial charge in [0.15, 0.2) is 5.79 Å². The third-order valence-corrected chi connectivity index (χ3v) is 3.34. The molecule has 1 aliphatic rings. The van der Waals surface area contributed by atoms with Gasteiger partial charge in [-0.15, -0.1) is 0 Å². The minimum absolute atomic E-state index is 0.0398. The van der Waals surface area contributed by atoms with Crippen molar-refractivity contribution in [2.24, 2.45) is 0 Å².